The van der Waals surface area contributed by atoms with Crippen molar-refractivity contribution in [2.75, 3.05) is 9.80 Å². The lowest BCUT2D eigenvalue weighted by atomic mass is 9.93. The van der Waals surface area contributed by atoms with Gasteiger partial charge in [0.2, 0.25) is 0 Å². The second-order valence-electron chi connectivity index (χ2n) is 13.8. The Morgan fingerprint density at radius 2 is 0.500 bits per heavy atom. The van der Waals surface area contributed by atoms with Crippen molar-refractivity contribution in [1.82, 2.24) is 0 Å². The Morgan fingerprint density at radius 3 is 0.982 bits per heavy atom. The molecule has 9 aromatic rings. The highest BCUT2D eigenvalue weighted by Crippen LogP contribution is 2.43. The van der Waals surface area contributed by atoms with E-state index < -0.39 is 0 Å². The largest absolute Gasteiger partial charge is 0.310 e. The fraction of sp³-hybridized carbons (Fsp3) is 0. The molecule has 0 saturated carbocycles. The Labute approximate surface area is 329 Å². The molecule has 56 heavy (non-hydrogen) atoms. The van der Waals surface area contributed by atoms with Gasteiger partial charge in [-0.15, -0.1) is 0 Å². The maximum Gasteiger partial charge on any atom is 0.0468 e. The first-order valence-electron chi connectivity index (χ1n) is 19.1. The van der Waals surface area contributed by atoms with Crippen LogP contribution in [-0.4, -0.2) is 0 Å². The first-order valence-corrected chi connectivity index (χ1v) is 19.1. The summed E-state index contributed by atoms with van der Waals surface area (Å²) in [6.07, 6.45) is 0. The van der Waals surface area contributed by atoms with Gasteiger partial charge in [-0.1, -0.05) is 170 Å². The molecule has 0 aromatic heterocycles. The van der Waals surface area contributed by atoms with E-state index in [9.17, 15) is 0 Å². The van der Waals surface area contributed by atoms with Crippen LogP contribution in [0.25, 0.3) is 44.5 Å². The van der Waals surface area contributed by atoms with Gasteiger partial charge in [-0.05, 0) is 117 Å². The molecule has 0 saturated heterocycles. The van der Waals surface area contributed by atoms with Gasteiger partial charge in [0.1, 0.15) is 0 Å². The van der Waals surface area contributed by atoms with Crippen LogP contribution in [0.1, 0.15) is 0 Å². The van der Waals surface area contributed by atoms with E-state index in [1.807, 2.05) is 0 Å². The molecule has 2 heteroatoms. The van der Waals surface area contributed by atoms with Gasteiger partial charge in [-0.25, -0.2) is 0 Å². The summed E-state index contributed by atoms with van der Waals surface area (Å²) < 4.78 is 0. The molecule has 0 atom stereocenters. The highest BCUT2D eigenvalue weighted by molar-refractivity contribution is 5.90. The molecule has 0 N–H and O–H groups in total. The fourth-order valence-corrected chi connectivity index (χ4v) is 7.53. The summed E-state index contributed by atoms with van der Waals surface area (Å²) in [6, 6.07) is 86.6. The van der Waals surface area contributed by atoms with Crippen LogP contribution >= 0.6 is 0 Å². The van der Waals surface area contributed by atoms with Crippen molar-refractivity contribution in [2.24, 2.45) is 0 Å². The summed E-state index contributed by atoms with van der Waals surface area (Å²) in [5.41, 5.74) is 16.0. The average Bonchev–Trinajstić information content (AvgIpc) is 3.29. The normalized spacial score (nSPS) is 10.9. The molecule has 0 fully saturated rings. The van der Waals surface area contributed by atoms with Crippen molar-refractivity contribution in [3.8, 4) is 44.5 Å². The van der Waals surface area contributed by atoms with Crippen molar-refractivity contribution in [3.05, 3.63) is 243 Å². The number of anilines is 6. The Morgan fingerprint density at radius 1 is 0.179 bits per heavy atom. The minimum Gasteiger partial charge on any atom is -0.310 e. The van der Waals surface area contributed by atoms with Crippen LogP contribution < -0.4 is 9.80 Å². The second kappa shape index (κ2) is 15.9. The van der Waals surface area contributed by atoms with Crippen molar-refractivity contribution >= 4 is 34.1 Å². The lowest BCUT2D eigenvalue weighted by Crippen LogP contribution is -2.10. The van der Waals surface area contributed by atoms with Gasteiger partial charge >= 0.3 is 0 Å². The fourth-order valence-electron chi connectivity index (χ4n) is 7.53. The number of hydrogen-bond donors (Lipinski definition) is 0. The van der Waals surface area contributed by atoms with Crippen LogP contribution in [0.5, 0.6) is 0 Å². The van der Waals surface area contributed by atoms with E-state index in [0.717, 1.165) is 39.7 Å². The summed E-state index contributed by atoms with van der Waals surface area (Å²) in [6.45, 7) is 0. The average molecular weight is 717 g/mol. The van der Waals surface area contributed by atoms with Gasteiger partial charge in [-0.2, -0.15) is 0 Å². The van der Waals surface area contributed by atoms with Gasteiger partial charge in [0, 0.05) is 34.1 Å². The van der Waals surface area contributed by atoms with Crippen molar-refractivity contribution in [1.29, 1.82) is 0 Å². The Kier molecular flexibility index (Phi) is 9.75. The summed E-state index contributed by atoms with van der Waals surface area (Å²) in [7, 11) is 0. The summed E-state index contributed by atoms with van der Waals surface area (Å²) in [4.78, 5) is 4.69. The van der Waals surface area contributed by atoms with Gasteiger partial charge in [0.15, 0.2) is 0 Å². The molecule has 0 heterocycles. The molecule has 0 aliphatic carbocycles. The topological polar surface area (TPSA) is 6.48 Å². The van der Waals surface area contributed by atoms with E-state index in [0.29, 0.717) is 0 Å². The molecule has 9 rings (SSSR count). The van der Waals surface area contributed by atoms with E-state index in [-0.39, 0.29) is 0 Å². The van der Waals surface area contributed by atoms with E-state index in [1.165, 1.54) is 38.9 Å². The SMILES string of the molecule is c1ccc(-c2cccc(N(c3ccccc3)c3ccc(-c4ccc(N(c5ccccc5)c5cccc(-c6ccccc6)c5)cc4-c4ccccc4)cc3)c2)cc1. The van der Waals surface area contributed by atoms with Gasteiger partial charge < -0.3 is 9.80 Å². The van der Waals surface area contributed by atoms with Gasteiger partial charge in [0.05, 0.1) is 0 Å². The summed E-state index contributed by atoms with van der Waals surface area (Å²) >= 11 is 0. The molecule has 0 radical (unpaired) electrons. The molecule has 266 valence electrons. The Hall–Kier alpha value is -7.42. The quantitative estimate of drug-likeness (QED) is 0.139. The lowest BCUT2D eigenvalue weighted by molar-refractivity contribution is 1.28. The monoisotopic (exact) mass is 716 g/mol. The summed E-state index contributed by atoms with van der Waals surface area (Å²) in [5.74, 6) is 0. The second-order valence-corrected chi connectivity index (χ2v) is 13.8. The van der Waals surface area contributed by atoms with Crippen molar-refractivity contribution < 1.29 is 0 Å². The molecule has 9 aromatic carbocycles. The van der Waals surface area contributed by atoms with Crippen LogP contribution in [0, 0.1) is 0 Å². The number of benzene rings is 9. The van der Waals surface area contributed by atoms with Crippen LogP contribution in [0.2, 0.25) is 0 Å². The van der Waals surface area contributed by atoms with Crippen LogP contribution in [0.3, 0.4) is 0 Å². The smallest absolute Gasteiger partial charge is 0.0468 e. The Bertz CT molecular complexity index is 2660. The van der Waals surface area contributed by atoms with Crippen molar-refractivity contribution in [3.63, 3.8) is 0 Å². The molecule has 0 amide bonds. The minimum atomic E-state index is 1.09. The third kappa shape index (κ3) is 7.24. The molecule has 0 bridgehead atoms. The number of para-hydroxylation sites is 2. The maximum absolute atomic E-state index is 2.35. The minimum absolute atomic E-state index is 1.09. The standard InChI is InChI=1S/C54H40N2/c1-6-18-41(19-7-1)45-24-16-30-50(38-45)55(47-26-12-4-13-27-47)49-34-32-44(33-35-49)53-37-36-52(40-54(53)43-22-10-3-11-23-43)56(48-28-14-5-15-29-48)51-31-17-25-46(39-51)42-20-8-2-9-21-42/h1-40H. The maximum atomic E-state index is 2.35. The van der Waals surface area contributed by atoms with E-state index in [2.05, 4.69) is 252 Å². The third-order valence-electron chi connectivity index (χ3n) is 10.2. The van der Waals surface area contributed by atoms with E-state index in [4.69, 9.17) is 0 Å². The molecular weight excluding hydrogens is 677 g/mol. The zero-order valence-corrected chi connectivity index (χ0v) is 31.0. The van der Waals surface area contributed by atoms with E-state index in [1.54, 1.807) is 0 Å². The Balaban J connectivity index is 1.13. The first kappa shape index (κ1) is 34.4. The predicted molar refractivity (Wildman–Crippen MR) is 238 cm³/mol. The zero-order valence-electron chi connectivity index (χ0n) is 31.0. The molecule has 0 aliphatic heterocycles. The highest BCUT2D eigenvalue weighted by Gasteiger charge is 2.18. The molecule has 0 unspecified atom stereocenters. The number of nitrogens with zero attached hydrogens (tertiary/aromatic N) is 2. The molecule has 0 aliphatic rings. The van der Waals surface area contributed by atoms with Gasteiger partial charge in [-0.3, -0.25) is 0 Å². The van der Waals surface area contributed by atoms with Crippen LogP contribution in [0.15, 0.2) is 243 Å². The predicted octanol–water partition coefficient (Wildman–Crippen LogP) is 15.3. The van der Waals surface area contributed by atoms with Crippen molar-refractivity contribution in [2.45, 2.75) is 0 Å². The molecule has 2 nitrogen and oxygen atoms in total. The van der Waals surface area contributed by atoms with E-state index >= 15 is 0 Å². The number of rotatable bonds is 10. The lowest BCUT2D eigenvalue weighted by Gasteiger charge is -2.27. The van der Waals surface area contributed by atoms with Crippen LogP contribution in [0.4, 0.5) is 34.1 Å². The molecular formula is C54H40N2. The summed E-state index contributed by atoms with van der Waals surface area (Å²) in [5, 5.41) is 0. The van der Waals surface area contributed by atoms with Gasteiger partial charge in [0.25, 0.3) is 0 Å². The molecule has 0 spiro atoms. The van der Waals surface area contributed by atoms with Crippen LogP contribution in [-0.2, 0) is 0 Å². The first-order chi connectivity index (χ1) is 27.8. The zero-order chi connectivity index (χ0) is 37.5. The number of hydrogen-bond acceptors (Lipinski definition) is 2. The third-order valence-corrected chi connectivity index (χ3v) is 10.2. The highest BCUT2D eigenvalue weighted by atomic mass is 15.1.